The lowest BCUT2D eigenvalue weighted by Crippen LogP contribution is -2.41. The number of benzene rings is 1. The molecule has 0 N–H and O–H groups in total. The molecule has 0 radical (unpaired) electrons. The van der Waals surface area contributed by atoms with Gasteiger partial charge in [-0.2, -0.15) is 0 Å². The Morgan fingerprint density at radius 2 is 2.00 bits per heavy atom. The van der Waals surface area contributed by atoms with Gasteiger partial charge in [0.25, 0.3) is 0 Å². The fraction of sp³-hybridized carbons (Fsp3) is 0.571. The summed E-state index contributed by atoms with van der Waals surface area (Å²) in [5.74, 6) is 1.41. The first-order valence-corrected chi connectivity index (χ1v) is 7.17. The first-order chi connectivity index (χ1) is 8.20. The van der Waals surface area contributed by atoms with E-state index in [9.17, 15) is 0 Å². The lowest BCUT2D eigenvalue weighted by Gasteiger charge is -2.37. The Morgan fingerprint density at radius 1 is 1.29 bits per heavy atom. The van der Waals surface area contributed by atoms with Crippen LogP contribution in [0.15, 0.2) is 24.3 Å². The van der Waals surface area contributed by atoms with Crippen LogP contribution in [0.2, 0.25) is 5.02 Å². The van der Waals surface area contributed by atoms with Gasteiger partial charge < -0.3 is 0 Å². The average molecular weight is 272 g/mol. The van der Waals surface area contributed by atoms with E-state index in [2.05, 4.69) is 24.0 Å². The van der Waals surface area contributed by atoms with Crippen molar-refractivity contribution in [3.8, 4) is 0 Å². The topological polar surface area (TPSA) is 3.24 Å². The molecule has 0 aromatic heterocycles. The molecule has 94 valence electrons. The minimum atomic E-state index is 0.628. The van der Waals surface area contributed by atoms with E-state index in [0.717, 1.165) is 24.0 Å². The second-order valence-electron chi connectivity index (χ2n) is 4.85. The van der Waals surface area contributed by atoms with Gasteiger partial charge >= 0.3 is 0 Å². The Bertz CT molecular complexity index is 350. The van der Waals surface area contributed by atoms with Gasteiger partial charge in [-0.1, -0.05) is 23.7 Å². The highest BCUT2D eigenvalue weighted by molar-refractivity contribution is 6.30. The van der Waals surface area contributed by atoms with Crippen molar-refractivity contribution in [2.24, 2.45) is 0 Å². The first kappa shape index (κ1) is 13.2. The lowest BCUT2D eigenvalue weighted by atomic mass is 9.86. The maximum atomic E-state index is 5.92. The minimum Gasteiger partial charge on any atom is -0.299 e. The summed E-state index contributed by atoms with van der Waals surface area (Å²) in [5.41, 5.74) is 1.42. The molecule has 1 heterocycles. The van der Waals surface area contributed by atoms with E-state index in [-0.39, 0.29) is 0 Å². The Labute approximate surface area is 114 Å². The van der Waals surface area contributed by atoms with Crippen LogP contribution in [-0.2, 0) is 0 Å². The van der Waals surface area contributed by atoms with Crippen molar-refractivity contribution in [2.75, 3.05) is 19.0 Å². The van der Waals surface area contributed by atoms with Crippen molar-refractivity contribution < 1.29 is 0 Å². The Hall–Kier alpha value is -0.240. The van der Waals surface area contributed by atoms with Crippen LogP contribution >= 0.6 is 23.2 Å². The van der Waals surface area contributed by atoms with E-state index < -0.39 is 0 Å². The maximum absolute atomic E-state index is 5.92. The van der Waals surface area contributed by atoms with Gasteiger partial charge in [-0.05, 0) is 49.9 Å². The van der Waals surface area contributed by atoms with Crippen molar-refractivity contribution in [3.63, 3.8) is 0 Å². The third-order valence-electron chi connectivity index (χ3n) is 3.73. The summed E-state index contributed by atoms with van der Waals surface area (Å²) in [6, 6.07) is 8.94. The zero-order valence-corrected chi connectivity index (χ0v) is 11.7. The van der Waals surface area contributed by atoms with Crippen molar-refractivity contribution in [1.29, 1.82) is 0 Å². The van der Waals surface area contributed by atoms with Gasteiger partial charge in [0.15, 0.2) is 0 Å². The molecule has 1 fully saturated rings. The molecule has 0 bridgehead atoms. The molecule has 1 nitrogen and oxygen atoms in total. The van der Waals surface area contributed by atoms with Crippen LogP contribution in [0.25, 0.3) is 0 Å². The maximum Gasteiger partial charge on any atom is 0.0406 e. The summed E-state index contributed by atoms with van der Waals surface area (Å²) < 4.78 is 0. The molecule has 1 saturated heterocycles. The van der Waals surface area contributed by atoms with Gasteiger partial charge in [0.05, 0.1) is 0 Å². The lowest BCUT2D eigenvalue weighted by molar-refractivity contribution is 0.155. The van der Waals surface area contributed by atoms with Crippen molar-refractivity contribution >= 4 is 23.2 Å². The van der Waals surface area contributed by atoms with Crippen molar-refractivity contribution in [3.05, 3.63) is 34.9 Å². The van der Waals surface area contributed by atoms with E-state index in [1.54, 1.807) is 0 Å². The van der Waals surface area contributed by atoms with Gasteiger partial charge in [-0.15, -0.1) is 11.6 Å². The van der Waals surface area contributed by atoms with Crippen LogP contribution in [0, 0.1) is 0 Å². The van der Waals surface area contributed by atoms with Gasteiger partial charge in [0, 0.05) is 23.5 Å². The molecule has 2 rings (SSSR count). The molecular formula is C14H19Cl2N. The number of likely N-dealkylation sites (tertiary alicyclic amines) is 1. The predicted molar refractivity (Wildman–Crippen MR) is 75.2 cm³/mol. The zero-order valence-electron chi connectivity index (χ0n) is 10.2. The molecular weight excluding hydrogens is 253 g/mol. The number of nitrogens with zero attached hydrogens (tertiary/aromatic N) is 1. The highest BCUT2D eigenvalue weighted by atomic mass is 35.5. The Morgan fingerprint density at radius 3 is 2.59 bits per heavy atom. The van der Waals surface area contributed by atoms with Crippen molar-refractivity contribution in [2.45, 2.75) is 31.7 Å². The fourth-order valence-electron chi connectivity index (χ4n) is 2.70. The molecule has 0 saturated carbocycles. The summed E-state index contributed by atoms with van der Waals surface area (Å²) in [5, 5.41) is 0.821. The molecule has 0 spiro atoms. The molecule has 1 aliphatic rings. The van der Waals surface area contributed by atoms with Gasteiger partial charge in [-0.3, -0.25) is 4.90 Å². The van der Waals surface area contributed by atoms with E-state index >= 15 is 0 Å². The van der Waals surface area contributed by atoms with Crippen LogP contribution < -0.4 is 0 Å². The molecule has 2 atom stereocenters. The van der Waals surface area contributed by atoms with Gasteiger partial charge in [-0.25, -0.2) is 0 Å². The fourth-order valence-corrected chi connectivity index (χ4v) is 3.04. The summed E-state index contributed by atoms with van der Waals surface area (Å²) in [7, 11) is 0. The van der Waals surface area contributed by atoms with Crippen LogP contribution in [0.1, 0.15) is 31.2 Å². The highest BCUT2D eigenvalue weighted by Crippen LogP contribution is 2.31. The van der Waals surface area contributed by atoms with Gasteiger partial charge in [0.1, 0.15) is 0 Å². The largest absolute Gasteiger partial charge is 0.299 e. The van der Waals surface area contributed by atoms with Gasteiger partial charge in [0.2, 0.25) is 0 Å². The number of hydrogen-bond acceptors (Lipinski definition) is 1. The minimum absolute atomic E-state index is 0.628. The van der Waals surface area contributed by atoms with E-state index in [1.807, 2.05) is 12.1 Å². The third-order valence-corrected chi connectivity index (χ3v) is 4.15. The highest BCUT2D eigenvalue weighted by Gasteiger charge is 2.25. The molecule has 3 heteroatoms. The van der Waals surface area contributed by atoms with E-state index in [1.165, 1.54) is 18.4 Å². The second-order valence-corrected chi connectivity index (χ2v) is 5.66. The molecule has 17 heavy (non-hydrogen) atoms. The Kier molecular flexibility index (Phi) is 4.72. The molecule has 1 aromatic rings. The quantitative estimate of drug-likeness (QED) is 0.747. The summed E-state index contributed by atoms with van der Waals surface area (Å²) >= 11 is 11.7. The second kappa shape index (κ2) is 6.08. The molecule has 2 unspecified atom stereocenters. The number of rotatable bonds is 3. The van der Waals surface area contributed by atoms with E-state index in [0.29, 0.717) is 12.0 Å². The number of halogens is 2. The smallest absolute Gasteiger partial charge is 0.0406 e. The van der Waals surface area contributed by atoms with Crippen LogP contribution in [-0.4, -0.2) is 29.9 Å². The van der Waals surface area contributed by atoms with Crippen molar-refractivity contribution in [1.82, 2.24) is 4.90 Å². The number of hydrogen-bond donors (Lipinski definition) is 0. The summed E-state index contributed by atoms with van der Waals surface area (Å²) in [6.45, 7) is 4.46. The van der Waals surface area contributed by atoms with Crippen LogP contribution in [0.5, 0.6) is 0 Å². The van der Waals surface area contributed by atoms with Crippen LogP contribution in [0.3, 0.4) is 0 Å². The summed E-state index contributed by atoms with van der Waals surface area (Å²) in [6.07, 6.45) is 2.45. The Balaban J connectivity index is 1.99. The number of alkyl halides is 1. The first-order valence-electron chi connectivity index (χ1n) is 6.26. The normalized spacial score (nSPS) is 26.1. The third kappa shape index (κ3) is 3.37. The van der Waals surface area contributed by atoms with E-state index in [4.69, 9.17) is 23.2 Å². The SMILES string of the molecule is CC1CC(c2ccc(Cl)cc2)CCN1CCCl. The number of piperidine rings is 1. The predicted octanol–water partition coefficient (Wildman–Crippen LogP) is 4.15. The molecule has 1 aromatic carbocycles. The molecule has 0 amide bonds. The molecule has 1 aliphatic heterocycles. The molecule has 0 aliphatic carbocycles. The van der Waals surface area contributed by atoms with Crippen LogP contribution in [0.4, 0.5) is 0 Å². The summed E-state index contributed by atoms with van der Waals surface area (Å²) in [4.78, 5) is 2.49. The monoisotopic (exact) mass is 271 g/mol. The average Bonchev–Trinajstić information content (AvgIpc) is 2.33. The zero-order chi connectivity index (χ0) is 12.3. The standard InChI is InChI=1S/C14H19Cl2N/c1-11-10-13(6-8-17(11)9-7-15)12-2-4-14(16)5-3-12/h2-5,11,13H,6-10H2,1H3.